The number of para-hydroxylation sites is 1. The van der Waals surface area contributed by atoms with Crippen LogP contribution in [0.5, 0.6) is 5.75 Å². The van der Waals surface area contributed by atoms with Gasteiger partial charge in [0.15, 0.2) is 5.13 Å². The average Bonchev–Trinajstić information content (AvgIpc) is 3.12. The van der Waals surface area contributed by atoms with Crippen molar-refractivity contribution < 1.29 is 9.53 Å². The third-order valence-corrected chi connectivity index (χ3v) is 5.67. The van der Waals surface area contributed by atoms with Gasteiger partial charge in [0.2, 0.25) is 0 Å². The number of nitrogens with one attached hydrogen (secondary N) is 1. The van der Waals surface area contributed by atoms with Crippen LogP contribution in [0.2, 0.25) is 0 Å². The zero-order chi connectivity index (χ0) is 19.5. The third-order valence-electron chi connectivity index (χ3n) is 4.74. The standard InChI is InChI=1S/C20H23N5O2S/c1-3-27-15-5-4-6-16-18(15)22-20(28-16)23-19(26)14-7-8-21-17(13-14)25-11-9-24(2)10-12-25/h4-8,13H,3,9-12H2,1-2H3,(H,22,23,26). The number of carbonyl (C=O) groups excluding carboxylic acids is 1. The molecule has 8 heteroatoms. The van der Waals surface area contributed by atoms with Gasteiger partial charge in [-0.25, -0.2) is 9.97 Å². The van der Waals surface area contributed by atoms with Crippen LogP contribution in [0.1, 0.15) is 17.3 Å². The fraction of sp³-hybridized carbons (Fsp3) is 0.350. The molecule has 1 aromatic carbocycles. The first-order valence-electron chi connectivity index (χ1n) is 9.37. The van der Waals surface area contributed by atoms with Crippen molar-refractivity contribution in [1.29, 1.82) is 0 Å². The molecule has 4 rings (SSSR count). The number of amides is 1. The maximum Gasteiger partial charge on any atom is 0.257 e. The highest BCUT2D eigenvalue weighted by molar-refractivity contribution is 7.22. The fourth-order valence-electron chi connectivity index (χ4n) is 3.19. The largest absolute Gasteiger partial charge is 0.492 e. The summed E-state index contributed by atoms with van der Waals surface area (Å²) in [4.78, 5) is 26.2. The van der Waals surface area contributed by atoms with Gasteiger partial charge in [-0.15, -0.1) is 0 Å². The van der Waals surface area contributed by atoms with Gasteiger partial charge in [0, 0.05) is 37.9 Å². The number of piperazine rings is 1. The van der Waals surface area contributed by atoms with Crippen LogP contribution in [0, 0.1) is 0 Å². The van der Waals surface area contributed by atoms with Crippen molar-refractivity contribution in [3.05, 3.63) is 42.1 Å². The van der Waals surface area contributed by atoms with E-state index in [9.17, 15) is 4.79 Å². The van der Waals surface area contributed by atoms with Gasteiger partial charge in [-0.3, -0.25) is 10.1 Å². The number of carbonyl (C=O) groups is 1. The highest BCUT2D eigenvalue weighted by Crippen LogP contribution is 2.32. The molecule has 1 aliphatic rings. The lowest BCUT2D eigenvalue weighted by atomic mass is 10.2. The molecule has 7 nitrogen and oxygen atoms in total. The summed E-state index contributed by atoms with van der Waals surface area (Å²) in [6, 6.07) is 9.38. The van der Waals surface area contributed by atoms with Gasteiger partial charge < -0.3 is 14.5 Å². The van der Waals surface area contributed by atoms with E-state index in [0.717, 1.165) is 48.0 Å². The summed E-state index contributed by atoms with van der Waals surface area (Å²) in [5.74, 6) is 1.39. The Morgan fingerprint density at radius 3 is 2.86 bits per heavy atom. The van der Waals surface area contributed by atoms with Crippen LogP contribution >= 0.6 is 11.3 Å². The van der Waals surface area contributed by atoms with E-state index in [1.165, 1.54) is 11.3 Å². The molecule has 1 aliphatic heterocycles. The highest BCUT2D eigenvalue weighted by atomic mass is 32.1. The molecule has 146 valence electrons. The van der Waals surface area contributed by atoms with Crippen LogP contribution < -0.4 is 15.0 Å². The first kappa shape index (κ1) is 18.6. The summed E-state index contributed by atoms with van der Waals surface area (Å²) in [5.41, 5.74) is 1.35. The van der Waals surface area contributed by atoms with E-state index >= 15 is 0 Å². The predicted molar refractivity (Wildman–Crippen MR) is 113 cm³/mol. The normalized spacial score (nSPS) is 15.0. The number of anilines is 2. The minimum atomic E-state index is -0.185. The third kappa shape index (κ3) is 3.93. The topological polar surface area (TPSA) is 70.6 Å². The summed E-state index contributed by atoms with van der Waals surface area (Å²) < 4.78 is 6.61. The Morgan fingerprint density at radius 2 is 2.07 bits per heavy atom. The smallest absolute Gasteiger partial charge is 0.257 e. The molecular formula is C20H23N5O2S. The van der Waals surface area contributed by atoms with Gasteiger partial charge in [0.1, 0.15) is 17.1 Å². The van der Waals surface area contributed by atoms with Crippen molar-refractivity contribution in [1.82, 2.24) is 14.9 Å². The van der Waals surface area contributed by atoms with Crippen LogP contribution in [-0.4, -0.2) is 60.6 Å². The Labute approximate surface area is 168 Å². The minimum absolute atomic E-state index is 0.185. The molecule has 0 unspecified atom stereocenters. The lowest BCUT2D eigenvalue weighted by molar-refractivity contribution is 0.102. The number of ether oxygens (including phenoxy) is 1. The molecule has 1 saturated heterocycles. The molecule has 0 bridgehead atoms. The van der Waals surface area contributed by atoms with Crippen LogP contribution in [0.3, 0.4) is 0 Å². The number of aromatic nitrogens is 2. The highest BCUT2D eigenvalue weighted by Gasteiger charge is 2.17. The first-order chi connectivity index (χ1) is 13.6. The first-order valence-corrected chi connectivity index (χ1v) is 10.2. The Morgan fingerprint density at radius 1 is 1.25 bits per heavy atom. The molecule has 0 spiro atoms. The van der Waals surface area contributed by atoms with E-state index in [2.05, 4.69) is 32.1 Å². The van der Waals surface area contributed by atoms with Crippen LogP contribution in [0.15, 0.2) is 36.5 Å². The van der Waals surface area contributed by atoms with Crippen molar-refractivity contribution in [2.45, 2.75) is 6.92 Å². The van der Waals surface area contributed by atoms with Gasteiger partial charge in [0.05, 0.1) is 11.3 Å². The quantitative estimate of drug-likeness (QED) is 0.713. The fourth-order valence-corrected chi connectivity index (χ4v) is 4.06. The lowest BCUT2D eigenvalue weighted by Gasteiger charge is -2.33. The number of pyridine rings is 1. The second-order valence-electron chi connectivity index (χ2n) is 6.70. The minimum Gasteiger partial charge on any atom is -0.492 e. The summed E-state index contributed by atoms with van der Waals surface area (Å²) in [7, 11) is 2.11. The molecule has 3 aromatic rings. The Bertz CT molecular complexity index is 982. The molecule has 0 radical (unpaired) electrons. The maximum atomic E-state index is 12.8. The lowest BCUT2D eigenvalue weighted by Crippen LogP contribution is -2.44. The molecular weight excluding hydrogens is 374 g/mol. The van der Waals surface area contributed by atoms with E-state index in [1.807, 2.05) is 31.2 Å². The van der Waals surface area contributed by atoms with E-state index in [4.69, 9.17) is 4.74 Å². The second kappa shape index (κ2) is 8.12. The van der Waals surface area contributed by atoms with Gasteiger partial charge in [-0.05, 0) is 38.2 Å². The van der Waals surface area contributed by atoms with Crippen LogP contribution in [0.25, 0.3) is 10.2 Å². The van der Waals surface area contributed by atoms with Crippen molar-refractivity contribution >= 4 is 38.4 Å². The van der Waals surface area contributed by atoms with E-state index in [1.54, 1.807) is 12.3 Å². The molecule has 0 saturated carbocycles. The molecule has 1 N–H and O–H groups in total. The van der Waals surface area contributed by atoms with Crippen LogP contribution in [0.4, 0.5) is 10.9 Å². The second-order valence-corrected chi connectivity index (χ2v) is 7.73. The Balaban J connectivity index is 1.51. The van der Waals surface area contributed by atoms with Gasteiger partial charge >= 0.3 is 0 Å². The number of benzene rings is 1. The molecule has 28 heavy (non-hydrogen) atoms. The number of hydrogen-bond donors (Lipinski definition) is 1. The summed E-state index contributed by atoms with van der Waals surface area (Å²) >= 11 is 1.44. The summed E-state index contributed by atoms with van der Waals surface area (Å²) in [5, 5.41) is 3.47. The van der Waals surface area contributed by atoms with E-state index in [0.29, 0.717) is 17.3 Å². The average molecular weight is 398 g/mol. The molecule has 2 aromatic heterocycles. The Kier molecular flexibility index (Phi) is 5.40. The van der Waals surface area contributed by atoms with E-state index in [-0.39, 0.29) is 5.91 Å². The molecule has 3 heterocycles. The zero-order valence-electron chi connectivity index (χ0n) is 16.0. The van der Waals surface area contributed by atoms with Gasteiger partial charge in [0.25, 0.3) is 5.91 Å². The molecule has 1 fully saturated rings. The summed E-state index contributed by atoms with van der Waals surface area (Å²) in [6.07, 6.45) is 1.69. The molecule has 0 aliphatic carbocycles. The predicted octanol–water partition coefficient (Wildman–Crippen LogP) is 3.09. The van der Waals surface area contributed by atoms with Gasteiger partial charge in [-0.1, -0.05) is 17.4 Å². The number of nitrogens with zero attached hydrogens (tertiary/aromatic N) is 4. The molecule has 1 amide bonds. The van der Waals surface area contributed by atoms with Crippen molar-refractivity contribution in [3.63, 3.8) is 0 Å². The van der Waals surface area contributed by atoms with Crippen molar-refractivity contribution in [3.8, 4) is 5.75 Å². The monoisotopic (exact) mass is 397 g/mol. The SMILES string of the molecule is CCOc1cccc2sc(NC(=O)c3ccnc(N4CCN(C)CC4)c3)nc12. The number of rotatable bonds is 5. The zero-order valence-corrected chi connectivity index (χ0v) is 16.8. The summed E-state index contributed by atoms with van der Waals surface area (Å²) in [6.45, 7) is 6.32. The van der Waals surface area contributed by atoms with Gasteiger partial charge in [-0.2, -0.15) is 0 Å². The van der Waals surface area contributed by atoms with E-state index < -0.39 is 0 Å². The number of thiazole rings is 1. The molecule has 0 atom stereocenters. The Hall–Kier alpha value is -2.71. The maximum absolute atomic E-state index is 12.8. The van der Waals surface area contributed by atoms with Crippen molar-refractivity contribution in [2.24, 2.45) is 0 Å². The number of likely N-dealkylation sites (N-methyl/N-ethyl adjacent to an activating group) is 1. The van der Waals surface area contributed by atoms with Crippen LogP contribution in [-0.2, 0) is 0 Å². The van der Waals surface area contributed by atoms with Crippen molar-refractivity contribution in [2.75, 3.05) is 50.1 Å². The number of fused-ring (bicyclic) bond motifs is 1. The number of hydrogen-bond acceptors (Lipinski definition) is 7.